The van der Waals surface area contributed by atoms with Crippen LogP contribution >= 0.6 is 0 Å². The summed E-state index contributed by atoms with van der Waals surface area (Å²) < 4.78 is 0. The zero-order valence-corrected chi connectivity index (χ0v) is 5.03. The Kier molecular flexibility index (Phi) is 4.03. The number of unbranched alkanes of at least 4 members (excludes halogenated alkanes) is 1. The van der Waals surface area contributed by atoms with E-state index < -0.39 is 6.03 Å². The maximum absolute atomic E-state index is 9.87. The molecule has 3 nitrogen and oxygen atoms in total. The highest BCUT2D eigenvalue weighted by atomic mass is 16.2. The molecule has 0 heterocycles. The van der Waals surface area contributed by atoms with Crippen molar-refractivity contribution >= 4 is 6.03 Å². The summed E-state index contributed by atoms with van der Waals surface area (Å²) in [5.74, 6) is 0. The van der Waals surface area contributed by atoms with Crippen molar-refractivity contribution in [1.29, 1.82) is 0 Å². The number of urea groups is 1. The number of hydrogen-bond donors (Lipinski definition) is 1. The van der Waals surface area contributed by atoms with E-state index in [4.69, 9.17) is 5.73 Å². The summed E-state index contributed by atoms with van der Waals surface area (Å²) in [6.45, 7) is 2.68. The number of rotatable bonds is 3. The van der Waals surface area contributed by atoms with Gasteiger partial charge < -0.3 is 5.32 Å². The second-order valence-corrected chi connectivity index (χ2v) is 1.61. The first-order chi connectivity index (χ1) is 3.77. The Bertz CT molecular complexity index is 72.8. The third-order valence-corrected chi connectivity index (χ3v) is 0.816. The van der Waals surface area contributed by atoms with Crippen molar-refractivity contribution in [3.05, 3.63) is 0 Å². The van der Waals surface area contributed by atoms with Gasteiger partial charge >= 0.3 is 6.03 Å². The van der Waals surface area contributed by atoms with Crippen molar-refractivity contribution in [3.63, 3.8) is 0 Å². The molecule has 2 amide bonds. The molecule has 1 radical (unpaired) electrons. The van der Waals surface area contributed by atoms with Gasteiger partial charge in [0, 0.05) is 6.54 Å². The average Bonchev–Trinajstić information content (AvgIpc) is 1.66. The van der Waals surface area contributed by atoms with Crippen LogP contribution in [0.1, 0.15) is 19.8 Å². The highest BCUT2D eigenvalue weighted by Gasteiger charge is 1.87. The van der Waals surface area contributed by atoms with E-state index in [-0.39, 0.29) is 0 Å². The van der Waals surface area contributed by atoms with Gasteiger partial charge in [0.15, 0.2) is 0 Å². The number of hydrogen-bond acceptors (Lipinski definition) is 1. The van der Waals surface area contributed by atoms with Gasteiger partial charge in [-0.1, -0.05) is 13.3 Å². The molecule has 0 aliphatic carbocycles. The second-order valence-electron chi connectivity index (χ2n) is 1.61. The maximum atomic E-state index is 9.87. The predicted octanol–water partition coefficient (Wildman–Crippen LogP) is 0.779. The molecule has 2 N–H and O–H groups in total. The van der Waals surface area contributed by atoms with Crippen LogP contribution in [0.4, 0.5) is 4.79 Å². The van der Waals surface area contributed by atoms with Crippen LogP contribution in [-0.4, -0.2) is 12.6 Å². The van der Waals surface area contributed by atoms with Gasteiger partial charge in [-0.05, 0) is 6.42 Å². The molecule has 0 saturated carbocycles. The number of nitrogens with one attached hydrogen (secondary N) is 2. The molecule has 3 heteroatoms. The molecule has 0 bridgehead atoms. The van der Waals surface area contributed by atoms with Gasteiger partial charge in [0.2, 0.25) is 0 Å². The molecule has 0 spiro atoms. The fourth-order valence-corrected chi connectivity index (χ4v) is 0.379. The molecule has 0 rings (SSSR count). The molecule has 0 saturated heterocycles. The molecule has 0 unspecified atom stereocenters. The van der Waals surface area contributed by atoms with Crippen LogP contribution in [-0.2, 0) is 0 Å². The first-order valence-electron chi connectivity index (χ1n) is 2.76. The van der Waals surface area contributed by atoms with E-state index in [1.165, 1.54) is 0 Å². The summed E-state index contributed by atoms with van der Waals surface area (Å²) in [7, 11) is 0. The van der Waals surface area contributed by atoms with Gasteiger partial charge in [0.05, 0.1) is 0 Å². The topological polar surface area (TPSA) is 52.9 Å². The van der Waals surface area contributed by atoms with Crippen molar-refractivity contribution in [2.45, 2.75) is 19.8 Å². The molecule has 0 aliphatic rings. The summed E-state index contributed by atoms with van der Waals surface area (Å²) in [6, 6.07) is -0.682. The molecule has 0 aromatic heterocycles. The molecule has 8 heavy (non-hydrogen) atoms. The summed E-state index contributed by atoms with van der Waals surface area (Å²) in [5.41, 5.74) is 6.41. The highest BCUT2D eigenvalue weighted by molar-refractivity contribution is 5.70. The monoisotopic (exact) mass is 115 g/mol. The van der Waals surface area contributed by atoms with Crippen molar-refractivity contribution < 1.29 is 4.79 Å². The fourth-order valence-electron chi connectivity index (χ4n) is 0.379. The minimum absolute atomic E-state index is 0.638. The van der Waals surface area contributed by atoms with E-state index in [2.05, 4.69) is 5.32 Å². The summed E-state index contributed by atoms with van der Waals surface area (Å²) in [6.07, 6.45) is 2.02. The molecular weight excluding hydrogens is 104 g/mol. The van der Waals surface area contributed by atoms with Crippen molar-refractivity contribution in [2.24, 2.45) is 0 Å². The largest absolute Gasteiger partial charge is 0.337 e. The lowest BCUT2D eigenvalue weighted by atomic mass is 10.3. The summed E-state index contributed by atoms with van der Waals surface area (Å²) in [5, 5.41) is 2.37. The minimum Gasteiger partial charge on any atom is -0.337 e. The van der Waals surface area contributed by atoms with E-state index in [0.29, 0.717) is 6.54 Å². The third-order valence-electron chi connectivity index (χ3n) is 0.816. The molecule has 0 fully saturated rings. The Morgan fingerprint density at radius 3 is 2.75 bits per heavy atom. The van der Waals surface area contributed by atoms with E-state index in [1.807, 2.05) is 6.92 Å². The molecule has 0 aromatic carbocycles. The van der Waals surface area contributed by atoms with E-state index in [9.17, 15) is 4.79 Å². The lowest BCUT2D eigenvalue weighted by molar-refractivity contribution is 0.247. The molecular formula is C5H11N2O. The first-order valence-corrected chi connectivity index (χ1v) is 2.76. The second kappa shape index (κ2) is 4.43. The van der Waals surface area contributed by atoms with Crippen molar-refractivity contribution in [2.75, 3.05) is 6.54 Å². The van der Waals surface area contributed by atoms with Gasteiger partial charge in [-0.25, -0.2) is 10.5 Å². The zero-order valence-electron chi connectivity index (χ0n) is 5.03. The van der Waals surface area contributed by atoms with E-state index >= 15 is 0 Å². The lowest BCUT2D eigenvalue weighted by Crippen LogP contribution is -2.22. The van der Waals surface area contributed by atoms with Crippen LogP contribution in [0.2, 0.25) is 0 Å². The third kappa shape index (κ3) is 5.27. The highest BCUT2D eigenvalue weighted by Crippen LogP contribution is 1.80. The lowest BCUT2D eigenvalue weighted by Gasteiger charge is -1.95. The quantitative estimate of drug-likeness (QED) is 0.543. The van der Waals surface area contributed by atoms with Crippen LogP contribution in [0.15, 0.2) is 0 Å². The number of amides is 2. The SMILES string of the molecule is CCCCNC([NH])=O. The van der Waals surface area contributed by atoms with Crippen molar-refractivity contribution in [3.8, 4) is 0 Å². The Labute approximate surface area is 49.3 Å². The molecule has 0 aliphatic heterocycles. The predicted molar refractivity (Wildman–Crippen MR) is 31.4 cm³/mol. The van der Waals surface area contributed by atoms with Gasteiger partial charge in [0.25, 0.3) is 0 Å². The van der Waals surface area contributed by atoms with Crippen LogP contribution < -0.4 is 11.1 Å². The Hall–Kier alpha value is -0.730. The minimum atomic E-state index is -0.682. The summed E-state index contributed by atoms with van der Waals surface area (Å²) >= 11 is 0. The smallest absolute Gasteiger partial charge is 0.333 e. The van der Waals surface area contributed by atoms with Gasteiger partial charge in [-0.15, -0.1) is 0 Å². The van der Waals surface area contributed by atoms with Crippen LogP contribution in [0.25, 0.3) is 0 Å². The molecule has 47 valence electrons. The Balaban J connectivity index is 2.82. The van der Waals surface area contributed by atoms with E-state index in [1.54, 1.807) is 0 Å². The zero-order chi connectivity index (χ0) is 6.41. The summed E-state index contributed by atoms with van der Waals surface area (Å²) in [4.78, 5) is 9.87. The van der Waals surface area contributed by atoms with Crippen LogP contribution in [0, 0.1) is 0 Å². The van der Waals surface area contributed by atoms with Gasteiger partial charge in [-0.3, -0.25) is 0 Å². The molecule has 0 aromatic rings. The number of carbonyl (C=O) groups excluding carboxylic acids is 1. The van der Waals surface area contributed by atoms with Gasteiger partial charge in [-0.2, -0.15) is 0 Å². The van der Waals surface area contributed by atoms with Crippen LogP contribution in [0.5, 0.6) is 0 Å². The normalized spacial score (nSPS) is 8.62. The van der Waals surface area contributed by atoms with Crippen LogP contribution in [0.3, 0.4) is 0 Å². The molecule has 0 atom stereocenters. The van der Waals surface area contributed by atoms with E-state index in [0.717, 1.165) is 12.8 Å². The maximum Gasteiger partial charge on any atom is 0.333 e. The van der Waals surface area contributed by atoms with Gasteiger partial charge in [0.1, 0.15) is 0 Å². The van der Waals surface area contributed by atoms with Crippen molar-refractivity contribution in [1.82, 2.24) is 11.1 Å². The standard InChI is InChI=1S/C5H11N2O/c1-2-3-4-7-5(6)8/h6H,2-4H2,1H3,(H,7,8). The Morgan fingerprint density at radius 1 is 1.75 bits per heavy atom. The first kappa shape index (κ1) is 7.27. The average molecular weight is 115 g/mol. The number of carbonyl (C=O) groups is 1. The fraction of sp³-hybridized carbons (Fsp3) is 0.800. The Morgan fingerprint density at radius 2 is 2.38 bits per heavy atom.